The van der Waals surface area contributed by atoms with Crippen LogP contribution in [0.2, 0.25) is 10.0 Å². The summed E-state index contributed by atoms with van der Waals surface area (Å²) in [7, 11) is 0. The highest BCUT2D eigenvalue weighted by atomic mass is 35.5. The molecule has 0 fully saturated rings. The van der Waals surface area contributed by atoms with E-state index in [1.165, 1.54) is 18.2 Å². The number of nitrogens with zero attached hydrogens (tertiary/aromatic N) is 1. The van der Waals surface area contributed by atoms with E-state index in [9.17, 15) is 9.90 Å². The molecule has 1 amide bonds. The Morgan fingerprint density at radius 2 is 1.91 bits per heavy atom. The highest BCUT2D eigenvalue weighted by Gasteiger charge is 2.15. The van der Waals surface area contributed by atoms with E-state index in [2.05, 4.69) is 10.5 Å². The van der Waals surface area contributed by atoms with Crippen molar-refractivity contribution in [2.75, 3.05) is 5.32 Å². The topological polar surface area (TPSA) is 75.4 Å². The first-order chi connectivity index (χ1) is 11.0. The molecule has 23 heavy (non-hydrogen) atoms. The molecule has 0 unspecified atom stereocenters. The Balaban J connectivity index is 1.81. The van der Waals surface area contributed by atoms with Gasteiger partial charge in [-0.1, -0.05) is 34.4 Å². The third-order valence-corrected chi connectivity index (χ3v) is 3.79. The lowest BCUT2D eigenvalue weighted by molar-refractivity contribution is 0.101. The van der Waals surface area contributed by atoms with E-state index >= 15 is 0 Å². The van der Waals surface area contributed by atoms with E-state index < -0.39 is 5.91 Å². The number of carbonyl (C=O) groups is 1. The molecule has 0 aliphatic carbocycles. The largest absolute Gasteiger partial charge is 0.508 e. The fourth-order valence-corrected chi connectivity index (χ4v) is 2.24. The first kappa shape index (κ1) is 15.4. The zero-order chi connectivity index (χ0) is 16.4. The number of anilines is 1. The molecule has 0 aliphatic heterocycles. The monoisotopic (exact) mass is 348 g/mol. The SMILES string of the molecule is O=C(Nc1cccc(O)c1)c1cc(-c2ccc(Cl)c(Cl)c2)on1. The Morgan fingerprint density at radius 3 is 2.65 bits per heavy atom. The van der Waals surface area contributed by atoms with Crippen LogP contribution in [-0.4, -0.2) is 16.2 Å². The van der Waals surface area contributed by atoms with Crippen LogP contribution in [0.5, 0.6) is 5.75 Å². The number of hydrogen-bond acceptors (Lipinski definition) is 4. The van der Waals surface area contributed by atoms with Gasteiger partial charge in [-0.3, -0.25) is 4.79 Å². The number of amides is 1. The quantitative estimate of drug-likeness (QED) is 0.724. The second-order valence-corrected chi connectivity index (χ2v) is 5.52. The molecule has 2 N–H and O–H groups in total. The van der Waals surface area contributed by atoms with Crippen molar-refractivity contribution in [2.24, 2.45) is 0 Å². The van der Waals surface area contributed by atoms with E-state index in [4.69, 9.17) is 27.7 Å². The van der Waals surface area contributed by atoms with E-state index in [-0.39, 0.29) is 11.4 Å². The van der Waals surface area contributed by atoms with Crippen LogP contribution < -0.4 is 5.32 Å². The van der Waals surface area contributed by atoms with Gasteiger partial charge in [-0.2, -0.15) is 0 Å². The summed E-state index contributed by atoms with van der Waals surface area (Å²) < 4.78 is 5.17. The van der Waals surface area contributed by atoms with E-state index in [1.54, 1.807) is 30.3 Å². The number of benzene rings is 2. The minimum atomic E-state index is -0.453. The Labute approximate surface area is 141 Å². The Kier molecular flexibility index (Phi) is 4.23. The van der Waals surface area contributed by atoms with Crippen molar-refractivity contribution >= 4 is 34.8 Å². The summed E-state index contributed by atoms with van der Waals surface area (Å²) in [5, 5.41) is 16.6. The van der Waals surface area contributed by atoms with Crippen molar-refractivity contribution < 1.29 is 14.4 Å². The van der Waals surface area contributed by atoms with Gasteiger partial charge >= 0.3 is 0 Å². The molecule has 0 aliphatic rings. The molecule has 0 atom stereocenters. The van der Waals surface area contributed by atoms with Gasteiger partial charge in [-0.05, 0) is 30.3 Å². The Morgan fingerprint density at radius 1 is 1.09 bits per heavy atom. The van der Waals surface area contributed by atoms with Gasteiger partial charge < -0.3 is 14.9 Å². The zero-order valence-electron chi connectivity index (χ0n) is 11.6. The number of aromatic hydroxyl groups is 1. The van der Waals surface area contributed by atoms with Crippen molar-refractivity contribution in [1.29, 1.82) is 0 Å². The summed E-state index contributed by atoms with van der Waals surface area (Å²) in [6.07, 6.45) is 0. The molecule has 116 valence electrons. The first-order valence-electron chi connectivity index (χ1n) is 6.55. The van der Waals surface area contributed by atoms with Gasteiger partial charge in [-0.25, -0.2) is 0 Å². The number of aromatic nitrogens is 1. The summed E-state index contributed by atoms with van der Waals surface area (Å²) in [5.41, 5.74) is 1.21. The number of rotatable bonds is 3. The predicted molar refractivity (Wildman–Crippen MR) is 88.0 cm³/mol. The van der Waals surface area contributed by atoms with Crippen molar-refractivity contribution in [3.05, 3.63) is 64.3 Å². The van der Waals surface area contributed by atoms with Gasteiger partial charge in [0.05, 0.1) is 10.0 Å². The third-order valence-electron chi connectivity index (χ3n) is 3.05. The maximum absolute atomic E-state index is 12.1. The lowest BCUT2D eigenvalue weighted by atomic mass is 10.1. The van der Waals surface area contributed by atoms with Gasteiger partial charge in [0.2, 0.25) is 0 Å². The van der Waals surface area contributed by atoms with Crippen LogP contribution in [0.1, 0.15) is 10.5 Å². The third kappa shape index (κ3) is 3.47. The van der Waals surface area contributed by atoms with Crippen molar-refractivity contribution in [2.45, 2.75) is 0 Å². The molecule has 7 heteroatoms. The lowest BCUT2D eigenvalue weighted by Gasteiger charge is -2.02. The van der Waals surface area contributed by atoms with Gasteiger partial charge in [-0.15, -0.1) is 0 Å². The average molecular weight is 349 g/mol. The molecule has 3 aromatic rings. The average Bonchev–Trinajstić information content (AvgIpc) is 3.00. The van der Waals surface area contributed by atoms with E-state index in [0.29, 0.717) is 27.1 Å². The van der Waals surface area contributed by atoms with Gasteiger partial charge in [0.1, 0.15) is 5.75 Å². The summed E-state index contributed by atoms with van der Waals surface area (Å²) in [6.45, 7) is 0. The van der Waals surface area contributed by atoms with Crippen LogP contribution in [0.25, 0.3) is 11.3 Å². The molecule has 0 spiro atoms. The second-order valence-electron chi connectivity index (χ2n) is 4.71. The molecule has 1 aromatic heterocycles. The van der Waals surface area contributed by atoms with Gasteiger partial charge in [0.25, 0.3) is 5.91 Å². The van der Waals surface area contributed by atoms with Crippen LogP contribution in [-0.2, 0) is 0 Å². The molecular weight excluding hydrogens is 339 g/mol. The molecule has 3 rings (SSSR count). The van der Waals surface area contributed by atoms with Crippen LogP contribution in [0.4, 0.5) is 5.69 Å². The number of nitrogens with one attached hydrogen (secondary N) is 1. The molecule has 0 bridgehead atoms. The van der Waals surface area contributed by atoms with Crippen LogP contribution >= 0.6 is 23.2 Å². The molecule has 2 aromatic carbocycles. The second kappa shape index (κ2) is 6.32. The molecular formula is C16H10Cl2N2O3. The summed E-state index contributed by atoms with van der Waals surface area (Å²) in [6, 6.07) is 12.7. The highest BCUT2D eigenvalue weighted by Crippen LogP contribution is 2.29. The fraction of sp³-hybridized carbons (Fsp3) is 0. The number of phenols is 1. The molecule has 0 saturated carbocycles. The van der Waals surface area contributed by atoms with Crippen molar-refractivity contribution in [3.8, 4) is 17.1 Å². The molecule has 1 heterocycles. The van der Waals surface area contributed by atoms with Gasteiger partial charge in [0, 0.05) is 23.4 Å². The summed E-state index contributed by atoms with van der Waals surface area (Å²) in [4.78, 5) is 12.1. The Hall–Kier alpha value is -2.50. The first-order valence-corrected chi connectivity index (χ1v) is 7.31. The van der Waals surface area contributed by atoms with E-state index in [0.717, 1.165) is 0 Å². The lowest BCUT2D eigenvalue weighted by Crippen LogP contribution is -2.11. The van der Waals surface area contributed by atoms with Crippen LogP contribution in [0.15, 0.2) is 53.1 Å². The number of carbonyl (C=O) groups excluding carboxylic acids is 1. The minimum Gasteiger partial charge on any atom is -0.508 e. The Bertz CT molecular complexity index is 877. The smallest absolute Gasteiger partial charge is 0.277 e. The molecule has 0 radical (unpaired) electrons. The maximum atomic E-state index is 12.1. The standard InChI is InChI=1S/C16H10Cl2N2O3/c17-12-5-4-9(6-13(12)18)15-8-14(20-23-15)16(22)19-10-2-1-3-11(21)7-10/h1-8,21H,(H,19,22). The summed E-state index contributed by atoms with van der Waals surface area (Å²) >= 11 is 11.8. The molecule has 0 saturated heterocycles. The summed E-state index contributed by atoms with van der Waals surface area (Å²) in [5.74, 6) is -0.00488. The van der Waals surface area contributed by atoms with Crippen LogP contribution in [0.3, 0.4) is 0 Å². The predicted octanol–water partition coefficient (Wildman–Crippen LogP) is 4.61. The zero-order valence-corrected chi connectivity index (χ0v) is 13.1. The van der Waals surface area contributed by atoms with Crippen molar-refractivity contribution in [1.82, 2.24) is 5.16 Å². The number of hydrogen-bond donors (Lipinski definition) is 2. The minimum absolute atomic E-state index is 0.0550. The van der Waals surface area contributed by atoms with E-state index in [1.807, 2.05) is 0 Å². The van der Waals surface area contributed by atoms with Crippen LogP contribution in [0, 0.1) is 0 Å². The number of phenolic OH excluding ortho intramolecular Hbond substituents is 1. The van der Waals surface area contributed by atoms with Gasteiger partial charge in [0.15, 0.2) is 11.5 Å². The highest BCUT2D eigenvalue weighted by molar-refractivity contribution is 6.42. The normalized spacial score (nSPS) is 10.5. The fourth-order valence-electron chi connectivity index (χ4n) is 1.95. The maximum Gasteiger partial charge on any atom is 0.277 e. The van der Waals surface area contributed by atoms with Crippen molar-refractivity contribution in [3.63, 3.8) is 0 Å². The number of halogens is 2. The molecule has 5 nitrogen and oxygen atoms in total.